The smallest absolute Gasteiger partial charge is 0.246 e. The van der Waals surface area contributed by atoms with Crippen LogP contribution in [0.3, 0.4) is 0 Å². The van der Waals surface area contributed by atoms with Crippen LogP contribution < -0.4 is 0 Å². The van der Waals surface area contributed by atoms with Crippen molar-refractivity contribution in [3.05, 3.63) is 42.2 Å². The third-order valence-electron chi connectivity index (χ3n) is 3.61. The SMILES string of the molecule is C=CC(=O)N1CCOCCOCc2cccc(n2)COCCOCC1. The van der Waals surface area contributed by atoms with Crippen molar-refractivity contribution in [1.82, 2.24) is 9.88 Å². The molecular formula is C18H26N2O5. The van der Waals surface area contributed by atoms with E-state index in [0.29, 0.717) is 65.9 Å². The van der Waals surface area contributed by atoms with Gasteiger partial charge in [-0.3, -0.25) is 9.78 Å². The van der Waals surface area contributed by atoms with Gasteiger partial charge in [-0.2, -0.15) is 0 Å². The van der Waals surface area contributed by atoms with Crippen molar-refractivity contribution >= 4 is 5.91 Å². The summed E-state index contributed by atoms with van der Waals surface area (Å²) in [4.78, 5) is 18.0. The minimum Gasteiger partial charge on any atom is -0.377 e. The fraction of sp³-hybridized carbons (Fsp3) is 0.556. The van der Waals surface area contributed by atoms with Crippen molar-refractivity contribution in [3.8, 4) is 0 Å². The number of hydrogen-bond acceptors (Lipinski definition) is 6. The van der Waals surface area contributed by atoms with E-state index in [1.54, 1.807) is 4.90 Å². The molecule has 1 amide bonds. The summed E-state index contributed by atoms with van der Waals surface area (Å²) < 4.78 is 22.2. The number of aromatic nitrogens is 1. The van der Waals surface area contributed by atoms with E-state index in [2.05, 4.69) is 11.6 Å². The molecule has 7 nitrogen and oxygen atoms in total. The van der Waals surface area contributed by atoms with Gasteiger partial charge in [0.05, 0.1) is 64.2 Å². The van der Waals surface area contributed by atoms with E-state index in [1.807, 2.05) is 18.2 Å². The van der Waals surface area contributed by atoms with Gasteiger partial charge in [-0.1, -0.05) is 12.6 Å². The zero-order valence-electron chi connectivity index (χ0n) is 14.5. The van der Waals surface area contributed by atoms with Crippen LogP contribution in [0.25, 0.3) is 0 Å². The molecule has 0 saturated carbocycles. The molecule has 1 aromatic rings. The number of fused-ring (bicyclic) bond motifs is 2. The lowest BCUT2D eigenvalue weighted by Gasteiger charge is -2.21. The summed E-state index contributed by atoms with van der Waals surface area (Å²) >= 11 is 0. The Morgan fingerprint density at radius 2 is 1.44 bits per heavy atom. The molecule has 0 spiro atoms. The molecule has 1 aliphatic rings. The zero-order chi connectivity index (χ0) is 17.7. The van der Waals surface area contributed by atoms with Crippen molar-refractivity contribution < 1.29 is 23.7 Å². The molecule has 1 aromatic heterocycles. The van der Waals surface area contributed by atoms with Gasteiger partial charge >= 0.3 is 0 Å². The third kappa shape index (κ3) is 7.74. The van der Waals surface area contributed by atoms with Gasteiger partial charge in [-0.15, -0.1) is 0 Å². The Kier molecular flexibility index (Phi) is 9.14. The molecule has 0 radical (unpaired) electrons. The summed E-state index contributed by atoms with van der Waals surface area (Å²) in [7, 11) is 0. The topological polar surface area (TPSA) is 70.1 Å². The molecule has 1 aliphatic heterocycles. The van der Waals surface area contributed by atoms with Crippen molar-refractivity contribution in [2.45, 2.75) is 13.2 Å². The van der Waals surface area contributed by atoms with Crippen LogP contribution in [0.2, 0.25) is 0 Å². The summed E-state index contributed by atoms with van der Waals surface area (Å²) in [5, 5.41) is 0. The fourth-order valence-corrected chi connectivity index (χ4v) is 2.29. The minimum absolute atomic E-state index is 0.126. The van der Waals surface area contributed by atoms with E-state index in [4.69, 9.17) is 18.9 Å². The Hall–Kier alpha value is -1.80. The maximum atomic E-state index is 11.8. The average molecular weight is 350 g/mol. The molecule has 2 rings (SSSR count). The quantitative estimate of drug-likeness (QED) is 0.709. The van der Waals surface area contributed by atoms with Crippen LogP contribution in [-0.4, -0.2) is 68.5 Å². The van der Waals surface area contributed by atoms with Gasteiger partial charge in [0.2, 0.25) is 5.91 Å². The van der Waals surface area contributed by atoms with E-state index >= 15 is 0 Å². The average Bonchev–Trinajstić information content (AvgIpc) is 2.63. The number of hydrogen-bond donors (Lipinski definition) is 0. The number of nitrogens with zero attached hydrogens (tertiary/aromatic N) is 2. The summed E-state index contributed by atoms with van der Waals surface area (Å²) in [5.74, 6) is -0.126. The molecule has 7 heteroatoms. The van der Waals surface area contributed by atoms with Crippen molar-refractivity contribution in [3.63, 3.8) is 0 Å². The molecular weight excluding hydrogens is 324 g/mol. The molecule has 138 valence electrons. The lowest BCUT2D eigenvalue weighted by molar-refractivity contribution is -0.127. The molecule has 2 bridgehead atoms. The monoisotopic (exact) mass is 350 g/mol. The maximum Gasteiger partial charge on any atom is 0.246 e. The molecule has 0 atom stereocenters. The van der Waals surface area contributed by atoms with E-state index in [0.717, 1.165) is 11.4 Å². The van der Waals surface area contributed by atoms with E-state index in [9.17, 15) is 4.79 Å². The van der Waals surface area contributed by atoms with E-state index in [-0.39, 0.29) is 5.91 Å². The van der Waals surface area contributed by atoms with Gasteiger partial charge in [0.1, 0.15) is 0 Å². The van der Waals surface area contributed by atoms with Crippen LogP contribution in [0, 0.1) is 0 Å². The molecule has 25 heavy (non-hydrogen) atoms. The second-order valence-corrected chi connectivity index (χ2v) is 5.48. The molecule has 0 fully saturated rings. The first-order chi connectivity index (χ1) is 12.3. The van der Waals surface area contributed by atoms with Crippen LogP contribution in [0.4, 0.5) is 0 Å². The van der Waals surface area contributed by atoms with Gasteiger partial charge in [0, 0.05) is 13.1 Å². The molecule has 0 unspecified atom stereocenters. The zero-order valence-corrected chi connectivity index (χ0v) is 14.5. The second kappa shape index (κ2) is 11.7. The lowest BCUT2D eigenvalue weighted by Crippen LogP contribution is -2.35. The number of pyridine rings is 1. The van der Waals surface area contributed by atoms with E-state index in [1.165, 1.54) is 6.08 Å². The largest absolute Gasteiger partial charge is 0.377 e. The highest BCUT2D eigenvalue weighted by molar-refractivity contribution is 5.86. The first kappa shape index (κ1) is 19.5. The number of amides is 1. The second-order valence-electron chi connectivity index (χ2n) is 5.48. The highest BCUT2D eigenvalue weighted by atomic mass is 16.5. The molecule has 0 N–H and O–H groups in total. The maximum absolute atomic E-state index is 11.8. The van der Waals surface area contributed by atoms with Gasteiger partial charge in [-0.25, -0.2) is 0 Å². The van der Waals surface area contributed by atoms with Crippen molar-refractivity contribution in [2.75, 3.05) is 52.7 Å². The summed E-state index contributed by atoms with van der Waals surface area (Å²) in [6, 6.07) is 5.79. The first-order valence-corrected chi connectivity index (χ1v) is 8.46. The molecule has 2 heterocycles. The number of carbonyl (C=O) groups is 1. The van der Waals surface area contributed by atoms with Crippen LogP contribution in [0.5, 0.6) is 0 Å². The Balaban J connectivity index is 1.85. The predicted molar refractivity (Wildman–Crippen MR) is 92.0 cm³/mol. The van der Waals surface area contributed by atoms with Gasteiger partial charge in [0.15, 0.2) is 0 Å². The molecule has 0 saturated heterocycles. The summed E-state index contributed by atoms with van der Waals surface area (Å²) in [6.45, 7) is 8.15. The molecule has 0 aromatic carbocycles. The number of ether oxygens (including phenoxy) is 4. The fourth-order valence-electron chi connectivity index (χ4n) is 2.29. The first-order valence-electron chi connectivity index (χ1n) is 8.46. The van der Waals surface area contributed by atoms with Crippen molar-refractivity contribution in [2.24, 2.45) is 0 Å². The van der Waals surface area contributed by atoms with Crippen LogP contribution in [0.15, 0.2) is 30.9 Å². The summed E-state index contributed by atoms with van der Waals surface area (Å²) in [5.41, 5.74) is 1.72. The third-order valence-corrected chi connectivity index (χ3v) is 3.61. The number of rotatable bonds is 1. The number of carbonyl (C=O) groups excluding carboxylic acids is 1. The Bertz CT molecular complexity index is 505. The van der Waals surface area contributed by atoms with E-state index < -0.39 is 0 Å². The highest BCUT2D eigenvalue weighted by Crippen LogP contribution is 2.03. The van der Waals surface area contributed by atoms with Gasteiger partial charge in [0.25, 0.3) is 0 Å². The van der Waals surface area contributed by atoms with Gasteiger partial charge in [-0.05, 0) is 18.2 Å². The summed E-state index contributed by atoms with van der Waals surface area (Å²) in [6.07, 6.45) is 1.30. The standard InChI is InChI=1S/C18H26N2O5/c1-2-18(21)20-6-8-22-10-12-24-14-16-4-3-5-17(19-16)15-25-13-11-23-9-7-20/h2-5H,1,6-15H2. The minimum atomic E-state index is -0.126. The Labute approximate surface area is 148 Å². The normalized spacial score (nSPS) is 18.8. The molecule has 0 aliphatic carbocycles. The van der Waals surface area contributed by atoms with Gasteiger partial charge < -0.3 is 23.8 Å². The highest BCUT2D eigenvalue weighted by Gasteiger charge is 2.10. The lowest BCUT2D eigenvalue weighted by atomic mass is 10.3. The Morgan fingerprint density at radius 3 is 1.96 bits per heavy atom. The van der Waals surface area contributed by atoms with Crippen LogP contribution >= 0.6 is 0 Å². The Morgan fingerprint density at radius 1 is 0.920 bits per heavy atom. The van der Waals surface area contributed by atoms with Crippen molar-refractivity contribution in [1.29, 1.82) is 0 Å². The predicted octanol–water partition coefficient (Wildman–Crippen LogP) is 1.18. The van der Waals surface area contributed by atoms with Crippen LogP contribution in [-0.2, 0) is 37.0 Å². The van der Waals surface area contributed by atoms with Crippen LogP contribution in [0.1, 0.15) is 11.4 Å².